The Kier molecular flexibility index (Phi) is 89.5. The first-order valence-electron chi connectivity index (χ1n) is 45.7. The number of aliphatic hydroxyl groups is 14. The fourth-order valence-corrected chi connectivity index (χ4v) is 12.6. The van der Waals surface area contributed by atoms with Gasteiger partial charge in [-0.2, -0.15) is 0 Å². The van der Waals surface area contributed by atoms with Crippen molar-refractivity contribution in [2.24, 2.45) is 0 Å². The van der Waals surface area contributed by atoms with E-state index in [-0.39, 0.29) is 110 Å². The first-order valence-corrected chi connectivity index (χ1v) is 45.7. The zero-order valence-electron chi connectivity index (χ0n) is 82.9. The molecule has 16 N–H and O–H groups in total. The van der Waals surface area contributed by atoms with Gasteiger partial charge >= 0.3 is 0 Å². The molecular formula is C91H196N10O23. The predicted octanol–water partition coefficient (Wildman–Crippen LogP) is 2.80. The van der Waals surface area contributed by atoms with Gasteiger partial charge in [-0.25, -0.2) is 0 Å². The molecule has 9 saturated heterocycles. The van der Waals surface area contributed by atoms with Crippen LogP contribution >= 0.6 is 0 Å². The molecule has 0 bridgehead atoms. The molecule has 10 fully saturated rings. The minimum absolute atomic E-state index is 0.0324. The van der Waals surface area contributed by atoms with Crippen molar-refractivity contribution in [1.82, 2.24) is 49.8 Å². The third-order valence-electron chi connectivity index (χ3n) is 22.6. The lowest BCUT2D eigenvalue weighted by molar-refractivity contribution is -0.0208. The summed E-state index contributed by atoms with van der Waals surface area (Å²) in [6, 6.07) is 11.2. The van der Waals surface area contributed by atoms with Crippen LogP contribution in [0.1, 0.15) is 177 Å². The van der Waals surface area contributed by atoms with Crippen LogP contribution in [0.3, 0.4) is 0 Å². The summed E-state index contributed by atoms with van der Waals surface area (Å²) in [5, 5.41) is 129. The van der Waals surface area contributed by atoms with Gasteiger partial charge in [0.1, 0.15) is 12.2 Å². The Labute approximate surface area is 754 Å². The molecule has 748 valence electrons. The normalized spacial score (nSPS) is 26.2. The second kappa shape index (κ2) is 85.1. The number of likely N-dealkylation sites (N-methyl/N-ethyl adjacent to an activating group) is 10. The number of hydrogen-bond donors (Lipinski definition) is 16. The minimum Gasteiger partial charge on any atom is -0.395 e. The highest BCUT2D eigenvalue weighted by atomic mass is 16.6. The number of benzene rings is 1. The highest BCUT2D eigenvalue weighted by Crippen LogP contribution is 2.27. The van der Waals surface area contributed by atoms with E-state index in [2.05, 4.69) is 107 Å². The van der Waals surface area contributed by atoms with Crippen LogP contribution in [0.4, 0.5) is 0 Å². The van der Waals surface area contributed by atoms with E-state index in [0.29, 0.717) is 51.2 Å². The number of nitrogens with zero attached hydrogens (tertiary/aromatic N) is 8. The van der Waals surface area contributed by atoms with Gasteiger partial charge in [0.05, 0.1) is 151 Å². The summed E-state index contributed by atoms with van der Waals surface area (Å²) in [7, 11) is 29.7. The number of rotatable bonds is 18. The molecule has 3 unspecified atom stereocenters. The van der Waals surface area contributed by atoms with Crippen LogP contribution in [-0.4, -0.2) is 497 Å². The number of hydrogen-bond acceptors (Lipinski definition) is 33. The molecule has 18 atom stereocenters. The van der Waals surface area contributed by atoms with Gasteiger partial charge in [-0.05, 0) is 229 Å². The number of likely N-dealkylation sites (tertiary alicyclic amines) is 6. The van der Waals surface area contributed by atoms with E-state index in [1.165, 1.54) is 44.1 Å². The van der Waals surface area contributed by atoms with Crippen LogP contribution in [0.5, 0.6) is 0 Å². The van der Waals surface area contributed by atoms with Crippen molar-refractivity contribution in [1.29, 1.82) is 0 Å². The highest BCUT2D eigenvalue weighted by Gasteiger charge is 2.30. The number of aliphatic hydroxyl groups excluding tert-OH is 14. The van der Waals surface area contributed by atoms with Crippen LogP contribution < -0.4 is 10.6 Å². The Morgan fingerprint density at radius 1 is 0.460 bits per heavy atom. The zero-order valence-corrected chi connectivity index (χ0v) is 82.9. The van der Waals surface area contributed by atoms with Crippen molar-refractivity contribution in [3.05, 3.63) is 35.9 Å². The molecule has 11 rings (SSSR count). The maximum atomic E-state index is 9.08. The lowest BCUT2D eigenvalue weighted by atomic mass is 9.82. The second-order valence-electron chi connectivity index (χ2n) is 34.3. The Hall–Kier alpha value is -2.10. The first-order chi connectivity index (χ1) is 58.6. The molecule has 0 radical (unpaired) electrons. The number of methoxy groups -OCH3 is 6. The van der Waals surface area contributed by atoms with E-state index in [9.17, 15) is 0 Å². The van der Waals surface area contributed by atoms with Crippen LogP contribution in [0, 0.1) is 0 Å². The van der Waals surface area contributed by atoms with E-state index >= 15 is 0 Å². The smallest absolute Gasteiger partial charge is 0.109 e. The predicted molar refractivity (Wildman–Crippen MR) is 499 cm³/mol. The van der Waals surface area contributed by atoms with Gasteiger partial charge < -0.3 is 164 Å². The Morgan fingerprint density at radius 3 is 1.06 bits per heavy atom. The van der Waals surface area contributed by atoms with Crippen molar-refractivity contribution >= 4 is 0 Å². The lowest BCUT2D eigenvalue weighted by Gasteiger charge is -2.35. The van der Waals surface area contributed by atoms with Gasteiger partial charge in [-0.15, -0.1) is 0 Å². The van der Waals surface area contributed by atoms with E-state index in [1.807, 2.05) is 90.0 Å². The maximum Gasteiger partial charge on any atom is 0.109 e. The van der Waals surface area contributed by atoms with Crippen molar-refractivity contribution in [3.8, 4) is 0 Å². The molecule has 9 heterocycles. The van der Waals surface area contributed by atoms with E-state index in [0.717, 1.165) is 169 Å². The van der Waals surface area contributed by atoms with Gasteiger partial charge in [0.15, 0.2) is 0 Å². The molecule has 0 spiro atoms. The second-order valence-corrected chi connectivity index (χ2v) is 34.3. The topological polar surface area (TPSA) is 416 Å². The number of piperidine rings is 3. The first kappa shape index (κ1) is 130. The van der Waals surface area contributed by atoms with E-state index in [4.69, 9.17) is 109 Å². The van der Waals surface area contributed by atoms with Crippen molar-refractivity contribution in [3.63, 3.8) is 0 Å². The van der Waals surface area contributed by atoms with Gasteiger partial charge in [0, 0.05) is 139 Å². The Bertz CT molecular complexity index is 2160. The third-order valence-corrected chi connectivity index (χ3v) is 22.6. The Morgan fingerprint density at radius 2 is 0.871 bits per heavy atom. The highest BCUT2D eigenvalue weighted by molar-refractivity contribution is 5.18. The molecule has 1 aromatic rings. The quantitative estimate of drug-likeness (QED) is 0.100. The number of nitrogens with one attached hydrogen (secondary N) is 2. The average Bonchev–Trinajstić information content (AvgIpc) is 1.51. The molecule has 0 amide bonds. The standard InChI is InChI=1S/C11H15NO.C8H17NO.C7H15NO.3C6H13NO.2C5H11NO.C5H13NO.C5H10O3.4C5H12O2.C4H9NO.C3H8O2/c1-12-7-8-13-11(9-12)10-5-3-2-4-6-10;1-9-8(7-10)5-3-2-4-6-8;1-8-5-3-2-4-7(8)6-9;1-6-5-7(2)3-4-8-6;2*1-7-4-2-3-6(8)5-7;2*1-6-3-2-5(7)4-6;1-3-5(4-7)6-2;1-7-5-3-8-2-4(5)6;4*1-4(6)5(2)7-3;1-5-2-4(6)3-5;1-5-3-2-4/h2-6,11H,7-9H2,1H3;9-10H,2-7H2,1H3;7,9H,2-6H2,1H3;6H,3-5H2,1-2H3;2*6,8H,2-5H2,1H3;2*5,7H,2-4H2,1H3;5-7H,3-4H2,1-2H3;4-6H,2-3H2,1H3;4*4-6H,1-3H3;4,6H,2-3H2,1H3;4H,2-3H2,1H3/t;;;;2*6-;3*5-;3*4-,5+;2*4-,5-;;/m....1010111010../s1. The largest absolute Gasteiger partial charge is 0.395 e. The fourth-order valence-electron chi connectivity index (χ4n) is 12.6. The molecule has 10 aliphatic rings. The van der Waals surface area contributed by atoms with Crippen LogP contribution in [-0.2, 0) is 42.6 Å². The van der Waals surface area contributed by atoms with Crippen LogP contribution in [0.15, 0.2) is 30.3 Å². The number of ether oxygens (including phenoxy) is 9. The maximum absolute atomic E-state index is 9.08. The summed E-state index contributed by atoms with van der Waals surface area (Å²) in [5.41, 5.74) is 1.35. The van der Waals surface area contributed by atoms with Crippen molar-refractivity contribution in [2.45, 2.75) is 287 Å². The van der Waals surface area contributed by atoms with E-state index < -0.39 is 6.10 Å². The molecule has 33 heteroatoms. The van der Waals surface area contributed by atoms with Gasteiger partial charge in [0.25, 0.3) is 0 Å². The SMILES string of the molecule is CC1CN(C)CCO1.CC[C@H](CO)NC.CN1CC(O)C1.CN1CCCCC1CO.CN1CCC[C@@H](O)C1.CN1CCC[C@H](O)C1.CN1CCOC(c2ccccc2)C1.CN1CC[C@@H](O)C1.CN1CC[C@H](O)C1.CNC1(CO)CCCCC1.COCCO.CO[C@@H](C)[C@@H](C)O.CO[C@@H](C)[C@H](C)O.CO[C@H](C)[C@@H](C)O.CO[C@H](C)[C@H](C)O.CO[C@H]1COC[C@H]1O. The molecule has 1 aromatic carbocycles. The van der Waals surface area contributed by atoms with Gasteiger partial charge in [-0.1, -0.05) is 62.9 Å². The monoisotopic (exact) mass is 1800 g/mol. The number of morpholine rings is 2. The third kappa shape index (κ3) is 76.5. The summed E-state index contributed by atoms with van der Waals surface area (Å²) in [6.45, 7) is 37.3. The molecule has 0 aromatic heterocycles. The van der Waals surface area contributed by atoms with Crippen molar-refractivity contribution < 1.29 is 114 Å². The summed E-state index contributed by atoms with van der Waals surface area (Å²) in [4.78, 5) is 17.5. The molecular weight excluding hydrogens is 1600 g/mol. The molecule has 33 nitrogen and oxygen atoms in total. The summed E-state index contributed by atoms with van der Waals surface area (Å²) < 4.78 is 44.2. The summed E-state index contributed by atoms with van der Waals surface area (Å²) in [5.74, 6) is 0. The van der Waals surface area contributed by atoms with Gasteiger partial charge in [-0.3, -0.25) is 0 Å². The summed E-state index contributed by atoms with van der Waals surface area (Å²) in [6.07, 6.45) is 15.4. The lowest BCUT2D eigenvalue weighted by Crippen LogP contribution is -2.47. The fraction of sp³-hybridized carbons (Fsp3) is 0.934. The van der Waals surface area contributed by atoms with Crippen LogP contribution in [0.25, 0.3) is 0 Å². The van der Waals surface area contributed by atoms with Crippen LogP contribution in [0.2, 0.25) is 0 Å². The molecule has 124 heavy (non-hydrogen) atoms. The number of β-amino-alcohol motifs (C(OH)–C–C–N with tert-alkyl or cyclic N) is 5. The Balaban J connectivity index is -0.000000408. The van der Waals surface area contributed by atoms with E-state index in [1.54, 1.807) is 70.4 Å². The molecule has 9 aliphatic heterocycles. The summed E-state index contributed by atoms with van der Waals surface area (Å²) >= 11 is 0. The zero-order chi connectivity index (χ0) is 95.6. The van der Waals surface area contributed by atoms with Gasteiger partial charge in [0.2, 0.25) is 0 Å². The minimum atomic E-state index is -0.417. The molecule has 1 saturated carbocycles. The average molecular weight is 1800 g/mol. The molecule has 1 aliphatic carbocycles. The van der Waals surface area contributed by atoms with Crippen molar-refractivity contribution in [2.75, 3.05) is 271 Å².